The number of ether oxygens (including phenoxy) is 2. The quantitative estimate of drug-likeness (QED) is 0.505. The van der Waals surface area contributed by atoms with E-state index in [0.29, 0.717) is 17.3 Å². The molecule has 0 spiro atoms. The van der Waals surface area contributed by atoms with Gasteiger partial charge in [-0.2, -0.15) is 9.61 Å². The monoisotopic (exact) mass is 444 g/mol. The van der Waals surface area contributed by atoms with Gasteiger partial charge in [-0.05, 0) is 42.4 Å². The van der Waals surface area contributed by atoms with Crippen molar-refractivity contribution < 1.29 is 9.47 Å². The molecule has 1 fully saturated rings. The van der Waals surface area contributed by atoms with E-state index in [9.17, 15) is 0 Å². The Labute approximate surface area is 193 Å². The SMILES string of the molecule is COc1cc(OC)cc(-c2cnc3c(-c4ccc(N5CCN(C)CC5)cc4)cnn3c2N)c1. The van der Waals surface area contributed by atoms with Crippen molar-refractivity contribution in [3.63, 3.8) is 0 Å². The Morgan fingerprint density at radius 1 is 0.818 bits per heavy atom. The number of nitrogen functional groups attached to an aromatic ring is 1. The number of piperazine rings is 1. The maximum Gasteiger partial charge on any atom is 0.165 e. The van der Waals surface area contributed by atoms with E-state index in [4.69, 9.17) is 20.2 Å². The predicted molar refractivity (Wildman–Crippen MR) is 131 cm³/mol. The third-order valence-electron chi connectivity index (χ3n) is 6.27. The molecule has 0 amide bonds. The number of likely N-dealkylation sites (N-methyl/N-ethyl adjacent to an activating group) is 1. The number of hydrogen-bond donors (Lipinski definition) is 1. The maximum absolute atomic E-state index is 6.53. The fourth-order valence-corrected chi connectivity index (χ4v) is 4.25. The Kier molecular flexibility index (Phi) is 5.51. The van der Waals surface area contributed by atoms with Crippen molar-refractivity contribution in [1.29, 1.82) is 0 Å². The van der Waals surface area contributed by atoms with Crippen LogP contribution in [0.4, 0.5) is 11.5 Å². The molecule has 0 saturated carbocycles. The molecule has 170 valence electrons. The highest BCUT2D eigenvalue weighted by molar-refractivity contribution is 5.83. The summed E-state index contributed by atoms with van der Waals surface area (Å²) in [5.74, 6) is 1.88. The van der Waals surface area contributed by atoms with Crippen molar-refractivity contribution in [3.05, 3.63) is 54.9 Å². The summed E-state index contributed by atoms with van der Waals surface area (Å²) in [4.78, 5) is 9.49. The number of rotatable bonds is 5. The Morgan fingerprint density at radius 3 is 2.12 bits per heavy atom. The summed E-state index contributed by atoms with van der Waals surface area (Å²) in [6.45, 7) is 4.26. The van der Waals surface area contributed by atoms with Crippen LogP contribution in [0.1, 0.15) is 0 Å². The average Bonchev–Trinajstić information content (AvgIpc) is 3.29. The van der Waals surface area contributed by atoms with Gasteiger partial charge in [-0.1, -0.05) is 12.1 Å². The lowest BCUT2D eigenvalue weighted by molar-refractivity contribution is 0.313. The number of hydrogen-bond acceptors (Lipinski definition) is 7. The molecule has 0 unspecified atom stereocenters. The number of nitrogens with zero attached hydrogens (tertiary/aromatic N) is 5. The molecule has 0 atom stereocenters. The number of nitrogens with two attached hydrogens (primary N) is 1. The van der Waals surface area contributed by atoms with Crippen molar-refractivity contribution in [2.45, 2.75) is 0 Å². The molecule has 0 aliphatic carbocycles. The van der Waals surface area contributed by atoms with Gasteiger partial charge in [-0.25, -0.2) is 4.98 Å². The average molecular weight is 445 g/mol. The van der Waals surface area contributed by atoms with Crippen LogP contribution in [0, 0.1) is 0 Å². The van der Waals surface area contributed by atoms with Gasteiger partial charge >= 0.3 is 0 Å². The normalized spacial score (nSPS) is 14.6. The van der Waals surface area contributed by atoms with E-state index in [1.54, 1.807) is 24.9 Å². The second-order valence-corrected chi connectivity index (χ2v) is 8.29. The molecule has 1 aliphatic heterocycles. The lowest BCUT2D eigenvalue weighted by atomic mass is 10.1. The lowest BCUT2D eigenvalue weighted by Gasteiger charge is -2.34. The van der Waals surface area contributed by atoms with E-state index in [2.05, 4.69) is 46.2 Å². The van der Waals surface area contributed by atoms with E-state index in [1.807, 2.05) is 24.4 Å². The molecule has 33 heavy (non-hydrogen) atoms. The first-order valence-corrected chi connectivity index (χ1v) is 11.0. The molecular formula is C25H28N6O2. The van der Waals surface area contributed by atoms with Crippen LogP contribution >= 0.6 is 0 Å². The lowest BCUT2D eigenvalue weighted by Crippen LogP contribution is -2.44. The third kappa shape index (κ3) is 3.93. The molecule has 5 rings (SSSR count). The van der Waals surface area contributed by atoms with Crippen molar-refractivity contribution >= 4 is 17.2 Å². The van der Waals surface area contributed by atoms with E-state index in [0.717, 1.165) is 54.1 Å². The standard InChI is InChI=1S/C25H28N6O2/c1-29-8-10-30(11-9-29)19-6-4-17(5-7-19)23-16-28-31-24(26)22(15-27-25(23)31)18-12-20(32-2)14-21(13-18)33-3/h4-7,12-16H,8-11,26H2,1-3H3. The van der Waals surface area contributed by atoms with Crippen LogP contribution in [-0.4, -0.2) is 66.9 Å². The first kappa shape index (κ1) is 21.1. The zero-order valence-corrected chi connectivity index (χ0v) is 19.2. The van der Waals surface area contributed by atoms with Crippen LogP contribution in [0.2, 0.25) is 0 Å². The van der Waals surface area contributed by atoms with Crippen LogP contribution in [0.15, 0.2) is 54.9 Å². The van der Waals surface area contributed by atoms with Gasteiger partial charge in [0, 0.05) is 55.3 Å². The Balaban J connectivity index is 1.48. The number of anilines is 2. The van der Waals surface area contributed by atoms with Crippen LogP contribution < -0.4 is 20.1 Å². The summed E-state index contributed by atoms with van der Waals surface area (Å²) in [7, 11) is 5.41. The number of methoxy groups -OCH3 is 2. The summed E-state index contributed by atoms with van der Waals surface area (Å²) in [6, 6.07) is 14.2. The minimum absolute atomic E-state index is 0.510. The van der Waals surface area contributed by atoms with Crippen molar-refractivity contribution in [2.75, 3.05) is 58.1 Å². The smallest absolute Gasteiger partial charge is 0.165 e. The Bertz CT molecular complexity index is 1250. The predicted octanol–water partition coefficient (Wildman–Crippen LogP) is 3.41. The van der Waals surface area contributed by atoms with Crippen LogP contribution in [0.5, 0.6) is 11.5 Å². The van der Waals surface area contributed by atoms with E-state index >= 15 is 0 Å². The zero-order chi connectivity index (χ0) is 22.9. The summed E-state index contributed by atoms with van der Waals surface area (Å²) in [5, 5.41) is 4.54. The third-order valence-corrected chi connectivity index (χ3v) is 6.27. The van der Waals surface area contributed by atoms with Crippen LogP contribution in [0.3, 0.4) is 0 Å². The summed E-state index contributed by atoms with van der Waals surface area (Å²) in [6.07, 6.45) is 3.60. The highest BCUT2D eigenvalue weighted by Crippen LogP contribution is 2.34. The fourth-order valence-electron chi connectivity index (χ4n) is 4.25. The second kappa shape index (κ2) is 8.63. The van der Waals surface area contributed by atoms with Crippen molar-refractivity contribution in [1.82, 2.24) is 19.5 Å². The first-order valence-electron chi connectivity index (χ1n) is 11.0. The largest absolute Gasteiger partial charge is 0.497 e. The maximum atomic E-state index is 6.53. The minimum atomic E-state index is 0.510. The Morgan fingerprint density at radius 2 is 1.48 bits per heavy atom. The molecule has 0 bridgehead atoms. The number of fused-ring (bicyclic) bond motifs is 1. The summed E-state index contributed by atoms with van der Waals surface area (Å²) >= 11 is 0. The molecule has 1 saturated heterocycles. The van der Waals surface area contributed by atoms with Crippen molar-refractivity contribution in [3.8, 4) is 33.8 Å². The van der Waals surface area contributed by atoms with Gasteiger partial charge in [0.05, 0.1) is 20.4 Å². The molecule has 0 radical (unpaired) electrons. The molecule has 2 N–H and O–H groups in total. The Hall–Kier alpha value is -3.78. The first-order chi connectivity index (χ1) is 16.1. The van der Waals surface area contributed by atoms with Gasteiger partial charge in [-0.3, -0.25) is 0 Å². The van der Waals surface area contributed by atoms with Gasteiger partial charge in [0.2, 0.25) is 0 Å². The minimum Gasteiger partial charge on any atom is -0.497 e. The van der Waals surface area contributed by atoms with Crippen LogP contribution in [-0.2, 0) is 0 Å². The van der Waals surface area contributed by atoms with E-state index < -0.39 is 0 Å². The fraction of sp³-hybridized carbons (Fsp3) is 0.280. The highest BCUT2D eigenvalue weighted by Gasteiger charge is 2.17. The molecule has 8 nitrogen and oxygen atoms in total. The molecule has 8 heteroatoms. The van der Waals surface area contributed by atoms with Gasteiger partial charge in [-0.15, -0.1) is 0 Å². The molecule has 2 aromatic carbocycles. The van der Waals surface area contributed by atoms with Gasteiger partial charge < -0.3 is 25.0 Å². The van der Waals surface area contributed by atoms with E-state index in [-0.39, 0.29) is 0 Å². The molecule has 2 aromatic heterocycles. The van der Waals surface area contributed by atoms with Crippen molar-refractivity contribution in [2.24, 2.45) is 0 Å². The summed E-state index contributed by atoms with van der Waals surface area (Å²) < 4.78 is 12.5. The zero-order valence-electron chi connectivity index (χ0n) is 19.2. The van der Waals surface area contributed by atoms with E-state index in [1.165, 1.54) is 5.69 Å². The topological polar surface area (TPSA) is 81.2 Å². The molecular weight excluding hydrogens is 416 g/mol. The number of aromatic nitrogens is 3. The van der Waals surface area contributed by atoms with Gasteiger partial charge in [0.25, 0.3) is 0 Å². The van der Waals surface area contributed by atoms with Crippen LogP contribution in [0.25, 0.3) is 27.9 Å². The molecule has 1 aliphatic rings. The summed E-state index contributed by atoms with van der Waals surface area (Å²) in [5.41, 5.74) is 12.1. The second-order valence-electron chi connectivity index (χ2n) is 8.29. The number of benzene rings is 2. The van der Waals surface area contributed by atoms with Gasteiger partial charge in [0.15, 0.2) is 5.65 Å². The molecule has 4 aromatic rings. The molecule has 3 heterocycles. The highest BCUT2D eigenvalue weighted by atomic mass is 16.5. The van der Waals surface area contributed by atoms with Gasteiger partial charge in [0.1, 0.15) is 17.3 Å².